The molecule has 7 heteroatoms. The van der Waals surface area contributed by atoms with E-state index in [1.54, 1.807) is 11.3 Å². The summed E-state index contributed by atoms with van der Waals surface area (Å²) in [6.45, 7) is 1.95. The molecule has 22 heavy (non-hydrogen) atoms. The van der Waals surface area contributed by atoms with Gasteiger partial charge in [-0.05, 0) is 37.6 Å². The average Bonchev–Trinajstić information content (AvgIpc) is 3.22. The van der Waals surface area contributed by atoms with Crippen LogP contribution in [0.15, 0.2) is 17.5 Å². The van der Waals surface area contributed by atoms with E-state index in [2.05, 4.69) is 25.7 Å². The van der Waals surface area contributed by atoms with Gasteiger partial charge in [-0.2, -0.15) is 10.2 Å². The van der Waals surface area contributed by atoms with Gasteiger partial charge in [0.15, 0.2) is 11.5 Å². The molecule has 0 fully saturated rings. The van der Waals surface area contributed by atoms with Crippen molar-refractivity contribution in [2.75, 3.05) is 5.32 Å². The van der Waals surface area contributed by atoms with Crippen molar-refractivity contribution in [1.82, 2.24) is 20.4 Å². The summed E-state index contributed by atoms with van der Waals surface area (Å²) in [4.78, 5) is 13.5. The fraction of sp³-hybridized carbons (Fsp3) is 0.267. The van der Waals surface area contributed by atoms with Gasteiger partial charge in [0, 0.05) is 16.8 Å². The molecule has 4 rings (SSSR count). The molecule has 0 atom stereocenters. The molecular weight excluding hydrogens is 298 g/mol. The van der Waals surface area contributed by atoms with Gasteiger partial charge in [-0.1, -0.05) is 6.07 Å². The van der Waals surface area contributed by atoms with E-state index < -0.39 is 0 Å². The van der Waals surface area contributed by atoms with Crippen LogP contribution in [0, 0.1) is 6.92 Å². The summed E-state index contributed by atoms with van der Waals surface area (Å²) in [5, 5.41) is 19.2. The minimum Gasteiger partial charge on any atom is -0.303 e. The molecule has 0 radical (unpaired) electrons. The molecular formula is C15H15N5OS. The van der Waals surface area contributed by atoms with Crippen LogP contribution < -0.4 is 5.32 Å². The normalized spacial score (nSPS) is 13.3. The van der Waals surface area contributed by atoms with Crippen molar-refractivity contribution >= 4 is 23.1 Å². The number of rotatable bonds is 3. The number of fused-ring (bicyclic) bond motifs is 1. The Morgan fingerprint density at radius 2 is 2.23 bits per heavy atom. The number of nitrogens with zero attached hydrogens (tertiary/aromatic N) is 2. The van der Waals surface area contributed by atoms with Gasteiger partial charge in [-0.3, -0.25) is 15.0 Å². The topological polar surface area (TPSA) is 86.5 Å². The number of carbonyl (C=O) groups excluding carboxylic acids is 1. The molecule has 1 aliphatic rings. The minimum atomic E-state index is -0.202. The average molecular weight is 313 g/mol. The number of amides is 1. The largest absolute Gasteiger partial charge is 0.303 e. The first-order chi connectivity index (χ1) is 10.7. The molecule has 112 valence electrons. The fourth-order valence-electron chi connectivity index (χ4n) is 2.85. The summed E-state index contributed by atoms with van der Waals surface area (Å²) >= 11 is 1.64. The summed E-state index contributed by atoms with van der Waals surface area (Å²) in [6.07, 6.45) is 2.96. The van der Waals surface area contributed by atoms with Crippen molar-refractivity contribution in [2.45, 2.75) is 26.2 Å². The van der Waals surface area contributed by atoms with Crippen molar-refractivity contribution in [2.24, 2.45) is 0 Å². The summed E-state index contributed by atoms with van der Waals surface area (Å²) in [6, 6.07) is 4.02. The highest BCUT2D eigenvalue weighted by Crippen LogP contribution is 2.30. The lowest BCUT2D eigenvalue weighted by atomic mass is 10.2. The molecule has 3 heterocycles. The predicted octanol–water partition coefficient (Wildman–Crippen LogP) is 2.91. The molecule has 0 unspecified atom stereocenters. The van der Waals surface area contributed by atoms with Gasteiger partial charge in [0.05, 0.1) is 10.6 Å². The predicted molar refractivity (Wildman–Crippen MR) is 85.2 cm³/mol. The third-order valence-corrected chi connectivity index (χ3v) is 4.92. The molecule has 0 saturated heterocycles. The van der Waals surface area contributed by atoms with Crippen LogP contribution in [-0.4, -0.2) is 26.3 Å². The number of nitrogens with one attached hydrogen (secondary N) is 3. The quantitative estimate of drug-likeness (QED) is 0.695. The highest BCUT2D eigenvalue weighted by molar-refractivity contribution is 7.13. The van der Waals surface area contributed by atoms with E-state index in [4.69, 9.17) is 0 Å². The number of aromatic amines is 2. The fourth-order valence-corrected chi connectivity index (χ4v) is 3.63. The second-order valence-electron chi connectivity index (χ2n) is 5.39. The molecule has 1 amide bonds. The van der Waals surface area contributed by atoms with Crippen LogP contribution in [0.5, 0.6) is 0 Å². The Morgan fingerprint density at radius 1 is 1.32 bits per heavy atom. The number of thiophene rings is 1. The first-order valence-electron chi connectivity index (χ1n) is 7.20. The molecule has 6 nitrogen and oxygen atoms in total. The first-order valence-corrected chi connectivity index (χ1v) is 8.08. The second kappa shape index (κ2) is 5.10. The van der Waals surface area contributed by atoms with E-state index in [1.807, 2.05) is 24.4 Å². The molecule has 0 aromatic carbocycles. The number of aryl methyl sites for hydroxylation is 1. The van der Waals surface area contributed by atoms with Crippen LogP contribution in [0.4, 0.5) is 5.82 Å². The maximum absolute atomic E-state index is 12.4. The van der Waals surface area contributed by atoms with E-state index >= 15 is 0 Å². The number of aromatic nitrogens is 4. The molecule has 0 aliphatic heterocycles. The molecule has 3 N–H and O–H groups in total. The van der Waals surface area contributed by atoms with Crippen molar-refractivity contribution in [3.8, 4) is 10.6 Å². The summed E-state index contributed by atoms with van der Waals surface area (Å²) in [7, 11) is 0. The lowest BCUT2D eigenvalue weighted by Crippen LogP contribution is -2.15. The monoisotopic (exact) mass is 313 g/mol. The molecule has 0 saturated carbocycles. The number of hydrogen-bond donors (Lipinski definition) is 3. The lowest BCUT2D eigenvalue weighted by Gasteiger charge is -2.02. The van der Waals surface area contributed by atoms with Crippen molar-refractivity contribution < 1.29 is 4.79 Å². The Hall–Kier alpha value is -2.41. The van der Waals surface area contributed by atoms with Gasteiger partial charge in [-0.15, -0.1) is 11.3 Å². The van der Waals surface area contributed by atoms with Gasteiger partial charge in [0.25, 0.3) is 5.91 Å². The molecule has 0 spiro atoms. The van der Waals surface area contributed by atoms with E-state index in [1.165, 1.54) is 0 Å². The second-order valence-corrected chi connectivity index (χ2v) is 6.33. The van der Waals surface area contributed by atoms with Crippen molar-refractivity contribution in [1.29, 1.82) is 0 Å². The number of H-pyrrole nitrogens is 2. The lowest BCUT2D eigenvalue weighted by molar-refractivity contribution is 0.102. The zero-order valence-corrected chi connectivity index (χ0v) is 12.9. The van der Waals surface area contributed by atoms with Crippen LogP contribution in [0.3, 0.4) is 0 Å². The first kappa shape index (κ1) is 13.3. The van der Waals surface area contributed by atoms with Gasteiger partial charge >= 0.3 is 0 Å². The SMILES string of the molecule is Cc1c(NC(=O)c2n[nH]c3c2CCC3)n[nH]c1-c1cccs1. The maximum atomic E-state index is 12.4. The van der Waals surface area contributed by atoms with Crippen LogP contribution in [0.2, 0.25) is 0 Å². The Kier molecular flexibility index (Phi) is 3.07. The number of hydrogen-bond acceptors (Lipinski definition) is 4. The Balaban J connectivity index is 1.60. The molecule has 3 aromatic rings. The van der Waals surface area contributed by atoms with Crippen LogP contribution in [0.1, 0.15) is 33.7 Å². The summed E-state index contributed by atoms with van der Waals surface area (Å²) in [5.74, 6) is 0.356. The zero-order valence-electron chi connectivity index (χ0n) is 12.1. The highest BCUT2D eigenvalue weighted by Gasteiger charge is 2.24. The van der Waals surface area contributed by atoms with E-state index in [-0.39, 0.29) is 5.91 Å². The zero-order chi connectivity index (χ0) is 15.1. The molecule has 0 bridgehead atoms. The van der Waals surface area contributed by atoms with Gasteiger partial charge in [0.2, 0.25) is 0 Å². The summed E-state index contributed by atoms with van der Waals surface area (Å²) < 4.78 is 0. The molecule has 1 aliphatic carbocycles. The van der Waals surface area contributed by atoms with Gasteiger partial charge in [-0.25, -0.2) is 0 Å². The molecule has 3 aromatic heterocycles. The third kappa shape index (κ3) is 2.05. The number of carbonyl (C=O) groups is 1. The van der Waals surface area contributed by atoms with Crippen molar-refractivity contribution in [3.63, 3.8) is 0 Å². The van der Waals surface area contributed by atoms with E-state index in [0.717, 1.165) is 46.7 Å². The Morgan fingerprint density at radius 3 is 3.05 bits per heavy atom. The van der Waals surface area contributed by atoms with Crippen LogP contribution in [-0.2, 0) is 12.8 Å². The third-order valence-electron chi connectivity index (χ3n) is 4.03. The number of anilines is 1. The standard InChI is InChI=1S/C15H15N5OS/c1-8-12(11-6-3-7-22-11)18-20-14(8)16-15(21)13-9-4-2-5-10(9)17-19-13/h3,6-7H,2,4-5H2,1H3,(H,17,19)(H2,16,18,20,21). The van der Waals surface area contributed by atoms with Crippen LogP contribution >= 0.6 is 11.3 Å². The minimum absolute atomic E-state index is 0.202. The smallest absolute Gasteiger partial charge is 0.277 e. The van der Waals surface area contributed by atoms with Gasteiger partial charge < -0.3 is 5.32 Å². The highest BCUT2D eigenvalue weighted by atomic mass is 32.1. The van der Waals surface area contributed by atoms with Crippen LogP contribution in [0.25, 0.3) is 10.6 Å². The van der Waals surface area contributed by atoms with Gasteiger partial charge in [0.1, 0.15) is 0 Å². The van der Waals surface area contributed by atoms with E-state index in [0.29, 0.717) is 11.5 Å². The summed E-state index contributed by atoms with van der Waals surface area (Å²) in [5.41, 5.74) is 4.50. The van der Waals surface area contributed by atoms with Crippen molar-refractivity contribution in [3.05, 3.63) is 40.0 Å². The van der Waals surface area contributed by atoms with E-state index in [9.17, 15) is 4.79 Å². The Labute approximate surface area is 131 Å². The maximum Gasteiger partial charge on any atom is 0.277 e. The Bertz CT molecular complexity index is 830.